The Labute approximate surface area is 141 Å². The first-order chi connectivity index (χ1) is 11.4. The maximum atomic E-state index is 12.8. The van der Waals surface area contributed by atoms with Crippen molar-refractivity contribution in [3.05, 3.63) is 70.0 Å². The topological polar surface area (TPSA) is 93.4 Å². The SMILES string of the molecule is CCN([C@H](C)c1cccnc1)S(=O)(=O)Cc1ccccc1[N+](=O)[O-]. The van der Waals surface area contributed by atoms with Gasteiger partial charge in [0.2, 0.25) is 10.0 Å². The molecule has 0 amide bonds. The molecule has 0 radical (unpaired) electrons. The van der Waals surface area contributed by atoms with E-state index in [0.29, 0.717) is 0 Å². The van der Waals surface area contributed by atoms with E-state index >= 15 is 0 Å². The van der Waals surface area contributed by atoms with Gasteiger partial charge < -0.3 is 0 Å². The van der Waals surface area contributed by atoms with Crippen LogP contribution >= 0.6 is 0 Å². The van der Waals surface area contributed by atoms with Gasteiger partial charge in [-0.25, -0.2) is 8.42 Å². The first-order valence-corrected chi connectivity index (χ1v) is 9.09. The van der Waals surface area contributed by atoms with Crippen LogP contribution in [0.3, 0.4) is 0 Å². The number of benzene rings is 1. The Hall–Kier alpha value is -2.32. The molecule has 1 atom stereocenters. The van der Waals surface area contributed by atoms with Crippen LogP contribution in [0.5, 0.6) is 0 Å². The summed E-state index contributed by atoms with van der Waals surface area (Å²) in [6, 6.07) is 9.04. The summed E-state index contributed by atoms with van der Waals surface area (Å²) in [4.78, 5) is 14.5. The van der Waals surface area contributed by atoms with Crippen LogP contribution in [0, 0.1) is 10.1 Å². The van der Waals surface area contributed by atoms with Gasteiger partial charge in [0, 0.05) is 36.6 Å². The molecule has 7 nitrogen and oxygen atoms in total. The van der Waals surface area contributed by atoms with Gasteiger partial charge in [0.15, 0.2) is 0 Å². The lowest BCUT2D eigenvalue weighted by Gasteiger charge is -2.27. The lowest BCUT2D eigenvalue weighted by atomic mass is 10.1. The third-order valence-corrected chi connectivity index (χ3v) is 5.76. The molecule has 0 spiro atoms. The van der Waals surface area contributed by atoms with E-state index in [-0.39, 0.29) is 17.8 Å². The number of para-hydroxylation sites is 1. The largest absolute Gasteiger partial charge is 0.273 e. The van der Waals surface area contributed by atoms with Gasteiger partial charge in [-0.3, -0.25) is 15.1 Å². The zero-order valence-corrected chi connectivity index (χ0v) is 14.3. The van der Waals surface area contributed by atoms with E-state index in [1.165, 1.54) is 22.5 Å². The molecule has 2 aromatic rings. The molecule has 0 bridgehead atoms. The molecule has 1 aromatic carbocycles. The number of rotatable bonds is 7. The lowest BCUT2D eigenvalue weighted by molar-refractivity contribution is -0.385. The summed E-state index contributed by atoms with van der Waals surface area (Å²) in [5, 5.41) is 11.1. The molecule has 0 fully saturated rings. The highest BCUT2D eigenvalue weighted by atomic mass is 32.2. The van der Waals surface area contributed by atoms with Crippen LogP contribution in [-0.2, 0) is 15.8 Å². The molecule has 1 heterocycles. The normalized spacial score (nSPS) is 13.0. The van der Waals surface area contributed by atoms with Gasteiger partial charge in [-0.05, 0) is 18.6 Å². The van der Waals surface area contributed by atoms with Crippen LogP contribution in [0.25, 0.3) is 0 Å². The van der Waals surface area contributed by atoms with E-state index in [4.69, 9.17) is 0 Å². The van der Waals surface area contributed by atoms with Gasteiger partial charge in [-0.15, -0.1) is 0 Å². The zero-order valence-electron chi connectivity index (χ0n) is 13.5. The Kier molecular flexibility index (Phi) is 5.63. The lowest BCUT2D eigenvalue weighted by Crippen LogP contribution is -2.34. The number of hydrogen-bond acceptors (Lipinski definition) is 5. The number of pyridine rings is 1. The number of nitro groups is 1. The molecule has 24 heavy (non-hydrogen) atoms. The Morgan fingerprint density at radius 3 is 2.54 bits per heavy atom. The van der Waals surface area contributed by atoms with Crippen molar-refractivity contribution in [3.8, 4) is 0 Å². The molecular formula is C16H19N3O4S. The maximum Gasteiger partial charge on any atom is 0.273 e. The van der Waals surface area contributed by atoms with Crippen LogP contribution < -0.4 is 0 Å². The Morgan fingerprint density at radius 1 is 1.25 bits per heavy atom. The van der Waals surface area contributed by atoms with Crippen molar-refractivity contribution in [1.29, 1.82) is 0 Å². The zero-order chi connectivity index (χ0) is 17.7. The second-order valence-electron chi connectivity index (χ2n) is 5.31. The van der Waals surface area contributed by atoms with Crippen molar-refractivity contribution in [2.45, 2.75) is 25.6 Å². The highest BCUT2D eigenvalue weighted by Gasteiger charge is 2.29. The fourth-order valence-electron chi connectivity index (χ4n) is 2.59. The molecule has 128 valence electrons. The van der Waals surface area contributed by atoms with E-state index in [9.17, 15) is 18.5 Å². The minimum Gasteiger partial charge on any atom is -0.264 e. The van der Waals surface area contributed by atoms with Crippen LogP contribution in [-0.4, -0.2) is 29.2 Å². The number of nitrogens with zero attached hydrogens (tertiary/aromatic N) is 3. The Bertz CT molecular complexity index is 809. The fourth-order valence-corrected chi connectivity index (χ4v) is 4.39. The average Bonchev–Trinajstić information content (AvgIpc) is 2.55. The molecule has 0 aliphatic heterocycles. The maximum absolute atomic E-state index is 12.8. The predicted octanol–water partition coefficient (Wildman–Crippen LogP) is 2.90. The minimum absolute atomic E-state index is 0.180. The first kappa shape index (κ1) is 18.0. The molecule has 0 saturated carbocycles. The quantitative estimate of drug-likeness (QED) is 0.566. The summed E-state index contributed by atoms with van der Waals surface area (Å²) in [5.74, 6) is -0.414. The molecule has 8 heteroatoms. The molecule has 2 rings (SSSR count). The number of aromatic nitrogens is 1. The molecule has 0 aliphatic rings. The number of sulfonamides is 1. The van der Waals surface area contributed by atoms with Gasteiger partial charge in [-0.2, -0.15) is 4.31 Å². The smallest absolute Gasteiger partial charge is 0.264 e. The average molecular weight is 349 g/mol. The predicted molar refractivity (Wildman–Crippen MR) is 90.8 cm³/mol. The standard InChI is InChI=1S/C16H19N3O4S/c1-3-18(13(2)14-8-6-10-17-11-14)24(22,23)12-15-7-4-5-9-16(15)19(20)21/h4-11,13H,3,12H2,1-2H3/t13-/m1/s1. The number of hydrogen-bond donors (Lipinski definition) is 0. The van der Waals surface area contributed by atoms with Gasteiger partial charge in [0.05, 0.1) is 10.7 Å². The molecule has 0 unspecified atom stereocenters. The highest BCUT2D eigenvalue weighted by Crippen LogP contribution is 2.27. The Morgan fingerprint density at radius 2 is 1.96 bits per heavy atom. The van der Waals surface area contributed by atoms with Crippen molar-refractivity contribution in [2.75, 3.05) is 6.54 Å². The van der Waals surface area contributed by atoms with Crippen molar-refractivity contribution >= 4 is 15.7 Å². The monoisotopic (exact) mass is 349 g/mol. The van der Waals surface area contributed by atoms with Gasteiger partial charge >= 0.3 is 0 Å². The molecule has 0 saturated heterocycles. The Balaban J connectivity index is 2.33. The summed E-state index contributed by atoms with van der Waals surface area (Å²) >= 11 is 0. The first-order valence-electron chi connectivity index (χ1n) is 7.48. The van der Waals surface area contributed by atoms with Crippen LogP contribution in [0.2, 0.25) is 0 Å². The summed E-state index contributed by atoms with van der Waals surface area (Å²) < 4.78 is 26.9. The van der Waals surface area contributed by atoms with E-state index < -0.39 is 26.7 Å². The molecular weight excluding hydrogens is 330 g/mol. The van der Waals surface area contributed by atoms with Gasteiger partial charge in [0.1, 0.15) is 0 Å². The van der Waals surface area contributed by atoms with Crippen LogP contribution in [0.15, 0.2) is 48.8 Å². The summed E-state index contributed by atoms with van der Waals surface area (Å²) in [7, 11) is -3.73. The highest BCUT2D eigenvalue weighted by molar-refractivity contribution is 7.88. The second-order valence-corrected chi connectivity index (χ2v) is 7.23. The van der Waals surface area contributed by atoms with Crippen molar-refractivity contribution in [1.82, 2.24) is 9.29 Å². The summed E-state index contributed by atoms with van der Waals surface area (Å²) in [5.41, 5.74) is 0.760. The number of nitro benzene ring substituents is 1. The summed E-state index contributed by atoms with van der Waals surface area (Å²) in [6.45, 7) is 3.78. The van der Waals surface area contributed by atoms with E-state index in [0.717, 1.165) is 5.56 Å². The van der Waals surface area contributed by atoms with E-state index in [1.54, 1.807) is 44.4 Å². The van der Waals surface area contributed by atoms with Crippen LogP contribution in [0.4, 0.5) is 5.69 Å². The van der Waals surface area contributed by atoms with E-state index in [2.05, 4.69) is 4.98 Å². The molecule has 0 aliphatic carbocycles. The molecule has 1 aromatic heterocycles. The van der Waals surface area contributed by atoms with Crippen molar-refractivity contribution < 1.29 is 13.3 Å². The molecule has 0 N–H and O–H groups in total. The van der Waals surface area contributed by atoms with Crippen molar-refractivity contribution in [3.63, 3.8) is 0 Å². The van der Waals surface area contributed by atoms with Gasteiger partial charge in [-0.1, -0.05) is 31.2 Å². The minimum atomic E-state index is -3.73. The fraction of sp³-hybridized carbons (Fsp3) is 0.312. The van der Waals surface area contributed by atoms with Gasteiger partial charge in [0.25, 0.3) is 5.69 Å². The summed E-state index contributed by atoms with van der Waals surface area (Å²) in [6.07, 6.45) is 3.24. The van der Waals surface area contributed by atoms with Crippen LogP contribution in [0.1, 0.15) is 31.0 Å². The third-order valence-electron chi connectivity index (χ3n) is 3.79. The van der Waals surface area contributed by atoms with E-state index in [1.807, 2.05) is 0 Å². The van der Waals surface area contributed by atoms with Crippen molar-refractivity contribution in [2.24, 2.45) is 0 Å². The second kappa shape index (κ2) is 7.50. The third kappa shape index (κ3) is 3.95.